The molecule has 0 aliphatic carbocycles. The maximum absolute atomic E-state index is 14.1. The highest BCUT2D eigenvalue weighted by atomic mass is 19.2. The van der Waals surface area contributed by atoms with Crippen molar-refractivity contribution in [1.29, 1.82) is 0 Å². The molecule has 0 saturated carbocycles. The van der Waals surface area contributed by atoms with Gasteiger partial charge in [0.2, 0.25) is 0 Å². The topological polar surface area (TPSA) is 52.7 Å². The van der Waals surface area contributed by atoms with Crippen LogP contribution in [0.15, 0.2) is 60.7 Å². The van der Waals surface area contributed by atoms with E-state index in [1.165, 1.54) is 18.2 Å². The molecule has 2 aliphatic rings. The molecule has 2 heterocycles. The van der Waals surface area contributed by atoms with Gasteiger partial charge in [0.25, 0.3) is 11.8 Å². The lowest BCUT2D eigenvalue weighted by atomic mass is 9.97. The van der Waals surface area contributed by atoms with Crippen LogP contribution in [0.5, 0.6) is 0 Å². The Morgan fingerprint density at radius 1 is 0.825 bits per heavy atom. The van der Waals surface area contributed by atoms with Crippen LogP contribution in [-0.2, 0) is 6.42 Å². The van der Waals surface area contributed by atoms with Crippen LogP contribution in [0.25, 0.3) is 0 Å². The molecule has 1 N–H and O–H groups in total. The highest BCUT2D eigenvalue weighted by Crippen LogP contribution is 2.23. The van der Waals surface area contributed by atoms with Gasteiger partial charge in [-0.1, -0.05) is 24.3 Å². The number of rotatable bonds is 6. The van der Waals surface area contributed by atoms with Crippen molar-refractivity contribution in [3.8, 4) is 0 Å². The number of halogens is 3. The number of hydrogen-bond acceptors (Lipinski definition) is 3. The van der Waals surface area contributed by atoms with Gasteiger partial charge in [-0.25, -0.2) is 13.2 Å². The second kappa shape index (κ2) is 12.3. The second-order valence-electron chi connectivity index (χ2n) is 10.9. The van der Waals surface area contributed by atoms with Crippen molar-refractivity contribution in [2.45, 2.75) is 51.1 Å². The molecular formula is C32H34F3N3O2. The molecule has 5 rings (SSSR count). The first-order valence-electron chi connectivity index (χ1n) is 13.9. The van der Waals surface area contributed by atoms with Gasteiger partial charge in [-0.15, -0.1) is 0 Å². The largest absolute Gasteiger partial charge is 0.349 e. The summed E-state index contributed by atoms with van der Waals surface area (Å²) in [5.41, 5.74) is 3.01. The van der Waals surface area contributed by atoms with E-state index >= 15 is 0 Å². The Morgan fingerprint density at radius 2 is 1.43 bits per heavy atom. The lowest BCUT2D eigenvalue weighted by Crippen LogP contribution is -2.51. The van der Waals surface area contributed by atoms with E-state index in [-0.39, 0.29) is 23.3 Å². The molecule has 2 aliphatic heterocycles. The van der Waals surface area contributed by atoms with Crippen LogP contribution in [0.4, 0.5) is 13.2 Å². The molecule has 3 aromatic carbocycles. The number of hydrogen-bond donors (Lipinski definition) is 1. The van der Waals surface area contributed by atoms with Gasteiger partial charge in [-0.3, -0.25) is 9.59 Å². The second-order valence-corrected chi connectivity index (χ2v) is 10.9. The molecule has 0 spiro atoms. The smallest absolute Gasteiger partial charge is 0.254 e. The van der Waals surface area contributed by atoms with Gasteiger partial charge >= 0.3 is 0 Å². The highest BCUT2D eigenvalue weighted by Gasteiger charge is 2.31. The maximum Gasteiger partial charge on any atom is 0.254 e. The van der Waals surface area contributed by atoms with E-state index in [0.29, 0.717) is 36.7 Å². The molecule has 0 bridgehead atoms. The van der Waals surface area contributed by atoms with Gasteiger partial charge in [-0.2, -0.15) is 0 Å². The summed E-state index contributed by atoms with van der Waals surface area (Å²) >= 11 is 0. The summed E-state index contributed by atoms with van der Waals surface area (Å²) in [4.78, 5) is 30.0. The fourth-order valence-electron chi connectivity index (χ4n) is 5.78. The Kier molecular flexibility index (Phi) is 8.54. The van der Waals surface area contributed by atoms with Crippen LogP contribution in [-0.4, -0.2) is 59.9 Å². The SMILES string of the molecule is Cc1cc(F)c(F)c(C(=O)NC2CCN(C3CCN(C(=O)c4ccc(Cc5ccc(F)cc5)cc4)CC3)CC2)c1. The summed E-state index contributed by atoms with van der Waals surface area (Å²) in [5.74, 6) is -2.91. The number of carbonyl (C=O) groups excluding carboxylic acids is 2. The summed E-state index contributed by atoms with van der Waals surface area (Å²) in [6.45, 7) is 4.63. The summed E-state index contributed by atoms with van der Waals surface area (Å²) in [7, 11) is 0. The zero-order chi connectivity index (χ0) is 28.2. The summed E-state index contributed by atoms with van der Waals surface area (Å²) in [6, 6.07) is 16.8. The molecule has 0 aromatic heterocycles. The molecule has 210 valence electrons. The van der Waals surface area contributed by atoms with Crippen molar-refractivity contribution < 1.29 is 22.8 Å². The van der Waals surface area contributed by atoms with Crippen LogP contribution >= 0.6 is 0 Å². The number of nitrogens with one attached hydrogen (secondary N) is 1. The lowest BCUT2D eigenvalue weighted by Gasteiger charge is -2.42. The van der Waals surface area contributed by atoms with Gasteiger partial charge < -0.3 is 15.1 Å². The van der Waals surface area contributed by atoms with Gasteiger partial charge in [0.15, 0.2) is 11.6 Å². The molecule has 0 unspecified atom stereocenters. The van der Waals surface area contributed by atoms with Gasteiger partial charge in [0.05, 0.1) is 5.56 Å². The molecule has 0 atom stereocenters. The summed E-state index contributed by atoms with van der Waals surface area (Å²) in [6.07, 6.45) is 3.94. The fraction of sp³-hybridized carbons (Fsp3) is 0.375. The standard InChI is InChI=1S/C32H34F3N3O2/c1-21-18-28(30(35)29(34)19-21)31(39)36-26-10-14-37(15-11-26)27-12-16-38(17-13-27)32(40)24-6-2-22(3-7-24)20-23-4-8-25(33)9-5-23/h2-9,18-19,26-27H,10-17,20H2,1H3,(H,36,39). The lowest BCUT2D eigenvalue weighted by molar-refractivity contribution is 0.0566. The molecule has 3 aromatic rings. The van der Waals surface area contributed by atoms with Crippen molar-refractivity contribution in [3.63, 3.8) is 0 Å². The fourth-order valence-corrected chi connectivity index (χ4v) is 5.78. The van der Waals surface area contributed by atoms with E-state index in [1.807, 2.05) is 29.2 Å². The maximum atomic E-state index is 14.1. The predicted octanol–water partition coefficient (Wildman–Crippen LogP) is 5.50. The predicted molar refractivity (Wildman–Crippen MR) is 148 cm³/mol. The van der Waals surface area contributed by atoms with Crippen molar-refractivity contribution in [3.05, 3.63) is 106 Å². The first-order chi connectivity index (χ1) is 19.3. The van der Waals surface area contributed by atoms with Crippen molar-refractivity contribution in [1.82, 2.24) is 15.1 Å². The zero-order valence-corrected chi connectivity index (χ0v) is 22.6. The number of piperidine rings is 2. The Morgan fingerprint density at radius 3 is 2.05 bits per heavy atom. The first kappa shape index (κ1) is 27.9. The van der Waals surface area contributed by atoms with E-state index < -0.39 is 17.5 Å². The molecule has 2 fully saturated rings. The number of benzene rings is 3. The Balaban J connectivity index is 1.07. The number of carbonyl (C=O) groups is 2. The minimum Gasteiger partial charge on any atom is -0.349 e. The molecule has 40 heavy (non-hydrogen) atoms. The van der Waals surface area contributed by atoms with E-state index in [2.05, 4.69) is 10.2 Å². The van der Waals surface area contributed by atoms with Crippen LogP contribution in [0.1, 0.15) is 63.1 Å². The average molecular weight is 550 g/mol. The van der Waals surface area contributed by atoms with E-state index in [9.17, 15) is 22.8 Å². The van der Waals surface area contributed by atoms with Crippen LogP contribution in [0.2, 0.25) is 0 Å². The van der Waals surface area contributed by atoms with Crippen molar-refractivity contribution in [2.24, 2.45) is 0 Å². The minimum atomic E-state index is -1.11. The van der Waals surface area contributed by atoms with E-state index in [4.69, 9.17) is 0 Å². The number of likely N-dealkylation sites (tertiary alicyclic amines) is 2. The van der Waals surface area contributed by atoms with Crippen molar-refractivity contribution in [2.75, 3.05) is 26.2 Å². The van der Waals surface area contributed by atoms with Gasteiger partial charge in [-0.05, 0) is 92.1 Å². The van der Waals surface area contributed by atoms with Crippen molar-refractivity contribution >= 4 is 11.8 Å². The van der Waals surface area contributed by atoms with Crippen LogP contribution < -0.4 is 5.32 Å². The van der Waals surface area contributed by atoms with Crippen LogP contribution in [0.3, 0.4) is 0 Å². The number of nitrogens with zero attached hydrogens (tertiary/aromatic N) is 2. The highest BCUT2D eigenvalue weighted by molar-refractivity contribution is 5.95. The Labute approximate surface area is 233 Å². The molecule has 2 saturated heterocycles. The number of aryl methyl sites for hydroxylation is 1. The Hall–Kier alpha value is -3.65. The Bertz CT molecular complexity index is 1350. The minimum absolute atomic E-state index is 0.0352. The molecule has 5 nitrogen and oxygen atoms in total. The zero-order valence-electron chi connectivity index (χ0n) is 22.6. The third-order valence-electron chi connectivity index (χ3n) is 8.07. The average Bonchev–Trinajstić information content (AvgIpc) is 2.96. The summed E-state index contributed by atoms with van der Waals surface area (Å²) in [5, 5.41) is 2.87. The molecular weight excluding hydrogens is 515 g/mol. The van der Waals surface area contributed by atoms with Gasteiger partial charge in [0.1, 0.15) is 5.82 Å². The third kappa shape index (κ3) is 6.55. The van der Waals surface area contributed by atoms with E-state index in [0.717, 1.165) is 56.0 Å². The molecule has 8 heteroatoms. The van der Waals surface area contributed by atoms with Crippen LogP contribution in [0, 0.1) is 24.4 Å². The number of amides is 2. The normalized spacial score (nSPS) is 17.1. The third-order valence-corrected chi connectivity index (χ3v) is 8.07. The monoisotopic (exact) mass is 549 g/mol. The molecule has 0 radical (unpaired) electrons. The van der Waals surface area contributed by atoms with Gasteiger partial charge in [0, 0.05) is 43.8 Å². The first-order valence-corrected chi connectivity index (χ1v) is 13.9. The van der Waals surface area contributed by atoms with E-state index in [1.54, 1.807) is 19.1 Å². The quantitative estimate of drug-likeness (QED) is 0.442. The molecule has 2 amide bonds. The summed E-state index contributed by atoms with van der Waals surface area (Å²) < 4.78 is 41.0.